The third kappa shape index (κ3) is 3.92. The number of ether oxygens (including phenoxy) is 1. The molecule has 1 fully saturated rings. The Bertz CT molecular complexity index is 1030. The van der Waals surface area contributed by atoms with Crippen LogP contribution in [0.3, 0.4) is 0 Å². The number of aromatic nitrogens is 4. The summed E-state index contributed by atoms with van der Waals surface area (Å²) in [6.07, 6.45) is 7.52. The first-order chi connectivity index (χ1) is 13.7. The number of nitrogens with zero attached hydrogens (tertiary/aromatic N) is 6. The molecule has 1 saturated heterocycles. The highest BCUT2D eigenvalue weighted by Crippen LogP contribution is 2.27. The molecule has 154 valence electrons. The second-order valence-corrected chi connectivity index (χ2v) is 8.65. The number of hydrogen-bond donors (Lipinski definition) is 0. The number of carbonyl (C=O) groups is 1. The van der Waals surface area contributed by atoms with Crippen LogP contribution >= 0.6 is 0 Å². The second-order valence-electron chi connectivity index (χ2n) is 8.65. The quantitative estimate of drug-likeness (QED) is 0.666. The normalized spacial score (nSPS) is 17.8. The van der Waals surface area contributed by atoms with E-state index in [1.165, 1.54) is 0 Å². The Morgan fingerprint density at radius 3 is 2.55 bits per heavy atom. The maximum atomic E-state index is 12.5. The standard InChI is InChI=1S/C21H28N6O2/c1-15-12-25(8-9-26(15)20(28)29-21(2,3)4)19-11-23-27-14-16(6-7-18(19)27)17-10-22-24(5)13-17/h6-7,10-11,13-15H,8-9,12H2,1-5H3/t15-/m1/s1. The van der Waals surface area contributed by atoms with Crippen LogP contribution in [-0.4, -0.2) is 61.7 Å². The molecule has 0 N–H and O–H groups in total. The van der Waals surface area contributed by atoms with Crippen molar-refractivity contribution in [2.75, 3.05) is 24.5 Å². The van der Waals surface area contributed by atoms with Gasteiger partial charge in [0.05, 0.1) is 23.6 Å². The maximum Gasteiger partial charge on any atom is 0.410 e. The van der Waals surface area contributed by atoms with Gasteiger partial charge in [0, 0.05) is 56.2 Å². The van der Waals surface area contributed by atoms with E-state index in [0.29, 0.717) is 6.54 Å². The van der Waals surface area contributed by atoms with Gasteiger partial charge < -0.3 is 14.5 Å². The number of piperazine rings is 1. The fraction of sp³-hybridized carbons (Fsp3) is 0.476. The van der Waals surface area contributed by atoms with Gasteiger partial charge >= 0.3 is 6.09 Å². The first-order valence-corrected chi connectivity index (χ1v) is 9.92. The van der Waals surface area contributed by atoms with Gasteiger partial charge in [-0.2, -0.15) is 10.2 Å². The van der Waals surface area contributed by atoms with Crippen LogP contribution in [0.1, 0.15) is 27.7 Å². The van der Waals surface area contributed by atoms with Gasteiger partial charge in [0.15, 0.2) is 0 Å². The summed E-state index contributed by atoms with van der Waals surface area (Å²) >= 11 is 0. The molecule has 1 atom stereocenters. The van der Waals surface area contributed by atoms with E-state index in [2.05, 4.69) is 34.2 Å². The molecule has 29 heavy (non-hydrogen) atoms. The van der Waals surface area contributed by atoms with Crippen molar-refractivity contribution in [3.8, 4) is 11.1 Å². The zero-order chi connectivity index (χ0) is 20.8. The lowest BCUT2D eigenvalue weighted by Gasteiger charge is -2.40. The number of pyridine rings is 1. The van der Waals surface area contributed by atoms with Crippen LogP contribution in [0.25, 0.3) is 16.6 Å². The van der Waals surface area contributed by atoms with Crippen molar-refractivity contribution in [2.24, 2.45) is 7.05 Å². The van der Waals surface area contributed by atoms with Crippen molar-refractivity contribution in [1.82, 2.24) is 24.3 Å². The molecule has 0 aromatic carbocycles. The summed E-state index contributed by atoms with van der Waals surface area (Å²) < 4.78 is 9.24. The van der Waals surface area contributed by atoms with Gasteiger partial charge in [-0.25, -0.2) is 9.31 Å². The van der Waals surface area contributed by atoms with Gasteiger partial charge in [-0.15, -0.1) is 0 Å². The second kappa shape index (κ2) is 7.09. The Hall–Kier alpha value is -3.03. The third-order valence-electron chi connectivity index (χ3n) is 5.13. The molecular formula is C21H28N6O2. The van der Waals surface area contributed by atoms with E-state index in [9.17, 15) is 4.79 Å². The van der Waals surface area contributed by atoms with Gasteiger partial charge in [-0.1, -0.05) is 6.07 Å². The van der Waals surface area contributed by atoms with E-state index in [1.54, 1.807) is 4.68 Å². The SMILES string of the molecule is C[C@@H]1CN(c2cnn3cc(-c4cnn(C)c4)ccc23)CCN1C(=O)OC(C)(C)C. The van der Waals surface area contributed by atoms with Gasteiger partial charge in [0.1, 0.15) is 5.60 Å². The Kier molecular flexibility index (Phi) is 4.72. The van der Waals surface area contributed by atoms with Crippen LogP contribution in [0.4, 0.5) is 10.5 Å². The minimum atomic E-state index is -0.484. The van der Waals surface area contributed by atoms with Crippen molar-refractivity contribution >= 4 is 17.3 Å². The average molecular weight is 396 g/mol. The predicted molar refractivity (Wildman–Crippen MR) is 112 cm³/mol. The number of amides is 1. The van der Waals surface area contributed by atoms with Crippen LogP contribution in [0.15, 0.2) is 36.9 Å². The molecule has 0 aliphatic carbocycles. The number of carbonyl (C=O) groups excluding carboxylic acids is 1. The molecule has 8 nitrogen and oxygen atoms in total. The topological polar surface area (TPSA) is 67.9 Å². The first kappa shape index (κ1) is 19.3. The molecule has 0 bridgehead atoms. The molecule has 0 unspecified atom stereocenters. The molecule has 1 aliphatic rings. The largest absolute Gasteiger partial charge is 0.444 e. The predicted octanol–water partition coefficient (Wildman–Crippen LogP) is 3.18. The number of hydrogen-bond acceptors (Lipinski definition) is 5. The fourth-order valence-corrected chi connectivity index (χ4v) is 3.72. The molecule has 0 radical (unpaired) electrons. The number of fused-ring (bicyclic) bond motifs is 1. The monoisotopic (exact) mass is 396 g/mol. The highest BCUT2D eigenvalue weighted by molar-refractivity contribution is 5.76. The van der Waals surface area contributed by atoms with Crippen LogP contribution < -0.4 is 4.90 Å². The van der Waals surface area contributed by atoms with E-state index in [0.717, 1.165) is 35.4 Å². The van der Waals surface area contributed by atoms with E-state index in [1.807, 2.05) is 62.0 Å². The van der Waals surface area contributed by atoms with Crippen LogP contribution in [0.5, 0.6) is 0 Å². The summed E-state index contributed by atoms with van der Waals surface area (Å²) in [5.74, 6) is 0. The van der Waals surface area contributed by atoms with Gasteiger partial charge in [-0.05, 0) is 33.8 Å². The Labute approximate surface area is 170 Å². The summed E-state index contributed by atoms with van der Waals surface area (Å²) in [6, 6.07) is 4.25. The molecule has 3 aromatic heterocycles. The summed E-state index contributed by atoms with van der Waals surface area (Å²) in [6.45, 7) is 9.85. The summed E-state index contributed by atoms with van der Waals surface area (Å²) in [5, 5.41) is 8.80. The van der Waals surface area contributed by atoms with Crippen LogP contribution in [0, 0.1) is 0 Å². The number of anilines is 1. The van der Waals surface area contributed by atoms with Crippen molar-refractivity contribution in [1.29, 1.82) is 0 Å². The molecule has 0 spiro atoms. The highest BCUT2D eigenvalue weighted by Gasteiger charge is 2.31. The summed E-state index contributed by atoms with van der Waals surface area (Å²) in [7, 11) is 1.91. The minimum Gasteiger partial charge on any atom is -0.444 e. The molecule has 4 rings (SSSR count). The number of rotatable bonds is 2. The lowest BCUT2D eigenvalue weighted by atomic mass is 10.1. The molecule has 4 heterocycles. The Morgan fingerprint density at radius 2 is 1.90 bits per heavy atom. The first-order valence-electron chi connectivity index (χ1n) is 9.92. The summed E-state index contributed by atoms with van der Waals surface area (Å²) in [5.41, 5.74) is 3.78. The van der Waals surface area contributed by atoms with E-state index in [4.69, 9.17) is 4.74 Å². The van der Waals surface area contributed by atoms with Gasteiger partial charge in [0.2, 0.25) is 0 Å². The molecular weight excluding hydrogens is 368 g/mol. The highest BCUT2D eigenvalue weighted by atomic mass is 16.6. The van der Waals surface area contributed by atoms with E-state index in [-0.39, 0.29) is 12.1 Å². The molecule has 8 heteroatoms. The minimum absolute atomic E-state index is 0.0585. The van der Waals surface area contributed by atoms with Crippen LogP contribution in [-0.2, 0) is 11.8 Å². The van der Waals surface area contributed by atoms with E-state index >= 15 is 0 Å². The fourth-order valence-electron chi connectivity index (χ4n) is 3.72. The molecule has 0 saturated carbocycles. The molecule has 1 aliphatic heterocycles. The lowest BCUT2D eigenvalue weighted by molar-refractivity contribution is 0.0159. The Morgan fingerprint density at radius 1 is 1.10 bits per heavy atom. The maximum absolute atomic E-state index is 12.5. The van der Waals surface area contributed by atoms with Crippen molar-refractivity contribution < 1.29 is 9.53 Å². The number of aryl methyl sites for hydroxylation is 1. The van der Waals surface area contributed by atoms with Crippen molar-refractivity contribution in [3.05, 3.63) is 36.9 Å². The van der Waals surface area contributed by atoms with Crippen molar-refractivity contribution in [2.45, 2.75) is 39.3 Å². The summed E-state index contributed by atoms with van der Waals surface area (Å²) in [4.78, 5) is 16.6. The van der Waals surface area contributed by atoms with Crippen LogP contribution in [0.2, 0.25) is 0 Å². The molecule has 3 aromatic rings. The lowest BCUT2D eigenvalue weighted by Crippen LogP contribution is -2.55. The van der Waals surface area contributed by atoms with Gasteiger partial charge in [-0.3, -0.25) is 4.68 Å². The molecule has 1 amide bonds. The smallest absolute Gasteiger partial charge is 0.410 e. The zero-order valence-corrected chi connectivity index (χ0v) is 17.7. The zero-order valence-electron chi connectivity index (χ0n) is 17.7. The average Bonchev–Trinajstić information content (AvgIpc) is 3.25. The third-order valence-corrected chi connectivity index (χ3v) is 5.13. The van der Waals surface area contributed by atoms with Gasteiger partial charge in [0.25, 0.3) is 0 Å². The Balaban J connectivity index is 1.51. The van der Waals surface area contributed by atoms with Crippen molar-refractivity contribution in [3.63, 3.8) is 0 Å². The van der Waals surface area contributed by atoms with E-state index < -0.39 is 5.60 Å².